The van der Waals surface area contributed by atoms with Crippen LogP contribution in [0.2, 0.25) is 0 Å². The average molecular weight is 399 g/mol. The first-order valence-corrected chi connectivity index (χ1v) is 10.6. The molecule has 0 aromatic carbocycles. The third-order valence-electron chi connectivity index (χ3n) is 6.16. The Bertz CT molecular complexity index is 878. The zero-order chi connectivity index (χ0) is 20.4. The van der Waals surface area contributed by atoms with Crippen molar-refractivity contribution in [2.75, 3.05) is 19.4 Å². The standard InChI is InChI=1S/C21H30N6O2/c1-25(2)19(28)14-26-13-17(11-23-26)24-21(29)16-8-9-27-18(10-16)12-22-20(27)15-6-4-3-5-7-15/h11-13,15-16H,3-10,14H2,1-2H3,(H,24,29)/t16-/m1/s1. The summed E-state index contributed by atoms with van der Waals surface area (Å²) in [6.07, 6.45) is 13.2. The van der Waals surface area contributed by atoms with E-state index >= 15 is 0 Å². The van der Waals surface area contributed by atoms with E-state index < -0.39 is 0 Å². The average Bonchev–Trinajstić information content (AvgIpc) is 3.34. The van der Waals surface area contributed by atoms with Gasteiger partial charge in [-0.3, -0.25) is 14.3 Å². The third kappa shape index (κ3) is 4.36. The lowest BCUT2D eigenvalue weighted by atomic mass is 9.88. The number of hydrogen-bond acceptors (Lipinski definition) is 4. The fourth-order valence-corrected chi connectivity index (χ4v) is 4.44. The van der Waals surface area contributed by atoms with Crippen molar-refractivity contribution in [3.05, 3.63) is 30.1 Å². The molecule has 156 valence electrons. The summed E-state index contributed by atoms with van der Waals surface area (Å²) in [6, 6.07) is 0. The molecule has 8 heteroatoms. The number of imidazole rings is 1. The Morgan fingerprint density at radius 1 is 1.17 bits per heavy atom. The first-order chi connectivity index (χ1) is 14.0. The van der Waals surface area contributed by atoms with E-state index in [4.69, 9.17) is 4.98 Å². The van der Waals surface area contributed by atoms with Gasteiger partial charge in [-0.05, 0) is 19.3 Å². The Morgan fingerprint density at radius 3 is 2.72 bits per heavy atom. The molecule has 1 aliphatic carbocycles. The van der Waals surface area contributed by atoms with E-state index in [2.05, 4.69) is 15.0 Å². The molecule has 0 unspecified atom stereocenters. The number of rotatable bonds is 5. The Kier molecular flexibility index (Phi) is 5.69. The lowest BCUT2D eigenvalue weighted by molar-refractivity contribution is -0.129. The first-order valence-electron chi connectivity index (χ1n) is 10.6. The number of aromatic nitrogens is 4. The van der Waals surface area contributed by atoms with E-state index in [0.717, 1.165) is 19.4 Å². The second-order valence-electron chi connectivity index (χ2n) is 8.49. The summed E-state index contributed by atoms with van der Waals surface area (Å²) in [6.45, 7) is 1.02. The molecule has 1 aliphatic heterocycles. The van der Waals surface area contributed by atoms with Gasteiger partial charge in [-0.2, -0.15) is 5.10 Å². The highest BCUT2D eigenvalue weighted by Crippen LogP contribution is 2.34. The topological polar surface area (TPSA) is 85.0 Å². The van der Waals surface area contributed by atoms with Crippen molar-refractivity contribution in [3.8, 4) is 0 Å². The summed E-state index contributed by atoms with van der Waals surface area (Å²) in [5.74, 6) is 1.71. The second kappa shape index (κ2) is 8.39. The monoisotopic (exact) mass is 398 g/mol. The number of carbonyl (C=O) groups excluding carboxylic acids is 2. The molecule has 1 N–H and O–H groups in total. The minimum atomic E-state index is -0.0647. The van der Waals surface area contributed by atoms with Crippen molar-refractivity contribution in [2.24, 2.45) is 5.92 Å². The molecule has 3 heterocycles. The molecule has 1 saturated carbocycles. The van der Waals surface area contributed by atoms with Gasteiger partial charge in [0.25, 0.3) is 0 Å². The summed E-state index contributed by atoms with van der Waals surface area (Å²) in [7, 11) is 3.42. The minimum absolute atomic E-state index is 0.00940. The molecular formula is C21H30N6O2. The normalized spacial score (nSPS) is 19.6. The first kappa shape index (κ1) is 19.7. The summed E-state index contributed by atoms with van der Waals surface area (Å²) < 4.78 is 3.90. The lowest BCUT2D eigenvalue weighted by Gasteiger charge is -2.27. The van der Waals surface area contributed by atoms with Crippen LogP contribution in [-0.4, -0.2) is 50.1 Å². The molecule has 0 saturated heterocycles. The molecule has 1 atom stereocenters. The number of anilines is 1. The zero-order valence-electron chi connectivity index (χ0n) is 17.3. The number of amides is 2. The Hall–Kier alpha value is -2.64. The van der Waals surface area contributed by atoms with E-state index in [1.807, 2.05) is 6.20 Å². The smallest absolute Gasteiger partial charge is 0.243 e. The van der Waals surface area contributed by atoms with Crippen LogP contribution in [0.4, 0.5) is 5.69 Å². The maximum absolute atomic E-state index is 12.8. The quantitative estimate of drug-likeness (QED) is 0.838. The van der Waals surface area contributed by atoms with Crippen LogP contribution in [0.5, 0.6) is 0 Å². The molecule has 2 aliphatic rings. The SMILES string of the molecule is CN(C)C(=O)Cn1cc(NC(=O)[C@@H]2CCn3c(cnc3C3CCCCC3)C2)cn1. The predicted molar refractivity (Wildman–Crippen MR) is 109 cm³/mol. The minimum Gasteiger partial charge on any atom is -0.347 e. The van der Waals surface area contributed by atoms with Crippen molar-refractivity contribution < 1.29 is 9.59 Å². The van der Waals surface area contributed by atoms with Crippen LogP contribution in [0.1, 0.15) is 56.0 Å². The number of hydrogen-bond donors (Lipinski definition) is 1. The number of nitrogens with zero attached hydrogens (tertiary/aromatic N) is 5. The van der Waals surface area contributed by atoms with Crippen LogP contribution in [0.15, 0.2) is 18.6 Å². The van der Waals surface area contributed by atoms with Gasteiger partial charge in [0.05, 0.1) is 11.9 Å². The highest BCUT2D eigenvalue weighted by molar-refractivity contribution is 5.92. The number of nitrogens with one attached hydrogen (secondary N) is 1. The van der Waals surface area contributed by atoms with Crippen molar-refractivity contribution in [1.82, 2.24) is 24.2 Å². The van der Waals surface area contributed by atoms with E-state index in [9.17, 15) is 9.59 Å². The van der Waals surface area contributed by atoms with E-state index in [0.29, 0.717) is 11.6 Å². The molecule has 0 bridgehead atoms. The van der Waals surface area contributed by atoms with Crippen molar-refractivity contribution in [2.45, 2.75) is 64.0 Å². The third-order valence-corrected chi connectivity index (χ3v) is 6.16. The predicted octanol–water partition coefficient (Wildman–Crippen LogP) is 2.42. The number of likely N-dealkylation sites (N-methyl/N-ethyl adjacent to an activating group) is 1. The molecule has 4 rings (SSSR count). The van der Waals surface area contributed by atoms with Gasteiger partial charge in [0, 0.05) is 57.0 Å². The van der Waals surface area contributed by atoms with Gasteiger partial charge < -0.3 is 14.8 Å². The van der Waals surface area contributed by atoms with Gasteiger partial charge in [0.1, 0.15) is 12.4 Å². The van der Waals surface area contributed by atoms with Gasteiger partial charge in [0.15, 0.2) is 0 Å². The fraction of sp³-hybridized carbons (Fsp3) is 0.619. The van der Waals surface area contributed by atoms with Gasteiger partial charge in [-0.25, -0.2) is 4.98 Å². The highest BCUT2D eigenvalue weighted by atomic mass is 16.2. The van der Waals surface area contributed by atoms with Gasteiger partial charge in [-0.15, -0.1) is 0 Å². The molecule has 8 nitrogen and oxygen atoms in total. The summed E-state index contributed by atoms with van der Waals surface area (Å²) >= 11 is 0. The molecule has 2 aromatic rings. The maximum Gasteiger partial charge on any atom is 0.243 e. The van der Waals surface area contributed by atoms with Crippen LogP contribution >= 0.6 is 0 Å². The van der Waals surface area contributed by atoms with Crippen LogP contribution in [0.25, 0.3) is 0 Å². The van der Waals surface area contributed by atoms with Crippen molar-refractivity contribution >= 4 is 17.5 Å². The summed E-state index contributed by atoms with van der Waals surface area (Å²) in [5.41, 5.74) is 1.80. The molecule has 29 heavy (non-hydrogen) atoms. The van der Waals surface area contributed by atoms with Crippen LogP contribution in [0.3, 0.4) is 0 Å². The largest absolute Gasteiger partial charge is 0.347 e. The van der Waals surface area contributed by atoms with Crippen molar-refractivity contribution in [3.63, 3.8) is 0 Å². The van der Waals surface area contributed by atoms with Gasteiger partial charge >= 0.3 is 0 Å². The Balaban J connectivity index is 1.36. The summed E-state index contributed by atoms with van der Waals surface area (Å²) in [5, 5.41) is 7.13. The van der Waals surface area contributed by atoms with Crippen LogP contribution < -0.4 is 5.32 Å². The second-order valence-corrected chi connectivity index (χ2v) is 8.49. The number of fused-ring (bicyclic) bond motifs is 1. The Labute approximate surface area is 171 Å². The van der Waals surface area contributed by atoms with Crippen molar-refractivity contribution in [1.29, 1.82) is 0 Å². The summed E-state index contributed by atoms with van der Waals surface area (Å²) in [4.78, 5) is 30.8. The van der Waals surface area contributed by atoms with Crippen LogP contribution in [-0.2, 0) is 29.1 Å². The van der Waals surface area contributed by atoms with Gasteiger partial charge in [0.2, 0.25) is 11.8 Å². The van der Waals surface area contributed by atoms with Crippen LogP contribution in [0, 0.1) is 5.92 Å². The Morgan fingerprint density at radius 2 is 1.97 bits per heavy atom. The van der Waals surface area contributed by atoms with E-state index in [-0.39, 0.29) is 24.3 Å². The molecule has 2 aromatic heterocycles. The highest BCUT2D eigenvalue weighted by Gasteiger charge is 2.29. The maximum atomic E-state index is 12.8. The molecule has 1 fully saturated rings. The zero-order valence-corrected chi connectivity index (χ0v) is 17.3. The fourth-order valence-electron chi connectivity index (χ4n) is 4.44. The lowest BCUT2D eigenvalue weighted by Crippen LogP contribution is -2.31. The van der Waals surface area contributed by atoms with E-state index in [1.165, 1.54) is 48.5 Å². The number of carbonyl (C=O) groups is 2. The van der Waals surface area contributed by atoms with E-state index in [1.54, 1.807) is 31.2 Å². The molecule has 0 spiro atoms. The molecule has 0 radical (unpaired) electrons. The van der Waals surface area contributed by atoms with Gasteiger partial charge in [-0.1, -0.05) is 19.3 Å². The molecular weight excluding hydrogens is 368 g/mol. The molecule has 2 amide bonds.